The predicted molar refractivity (Wildman–Crippen MR) is 120 cm³/mol. The minimum atomic E-state index is -3.71. The molecule has 1 saturated heterocycles. The lowest BCUT2D eigenvalue weighted by Crippen LogP contribution is -2.44. The van der Waals surface area contributed by atoms with Crippen molar-refractivity contribution in [2.24, 2.45) is 0 Å². The first-order valence-electron chi connectivity index (χ1n) is 10.6. The van der Waals surface area contributed by atoms with E-state index in [1.807, 2.05) is 11.8 Å². The normalized spacial score (nSPS) is 16.6. The van der Waals surface area contributed by atoms with Gasteiger partial charge in [-0.1, -0.05) is 0 Å². The zero-order chi connectivity index (χ0) is 22.4. The highest BCUT2D eigenvalue weighted by atomic mass is 32.2. The molecule has 1 fully saturated rings. The molecule has 168 valence electrons. The fourth-order valence-corrected chi connectivity index (χ4v) is 4.82. The van der Waals surface area contributed by atoms with Crippen LogP contribution in [0.4, 0.5) is 5.69 Å². The molecule has 0 spiro atoms. The summed E-state index contributed by atoms with van der Waals surface area (Å²) in [5, 5.41) is 0. The summed E-state index contributed by atoms with van der Waals surface area (Å²) >= 11 is 0. The summed E-state index contributed by atoms with van der Waals surface area (Å²) in [5.41, 5.74) is 0.497. The van der Waals surface area contributed by atoms with Gasteiger partial charge in [-0.25, -0.2) is 8.42 Å². The van der Waals surface area contributed by atoms with Gasteiger partial charge in [-0.2, -0.15) is 0 Å². The molecule has 1 atom stereocenters. The van der Waals surface area contributed by atoms with Crippen molar-refractivity contribution < 1.29 is 22.7 Å². The smallest absolute Gasteiger partial charge is 0.264 e. The van der Waals surface area contributed by atoms with Gasteiger partial charge in [0.2, 0.25) is 0 Å². The van der Waals surface area contributed by atoms with E-state index in [-0.39, 0.29) is 23.5 Å². The summed E-state index contributed by atoms with van der Waals surface area (Å²) in [7, 11) is -2.20. The summed E-state index contributed by atoms with van der Waals surface area (Å²) in [4.78, 5) is 14.5. The molecule has 8 heteroatoms. The van der Waals surface area contributed by atoms with Crippen LogP contribution in [0.2, 0.25) is 0 Å². The molecule has 1 unspecified atom stereocenters. The third-order valence-corrected chi connectivity index (χ3v) is 7.28. The molecule has 0 radical (unpaired) electrons. The molecule has 3 rings (SSSR count). The van der Waals surface area contributed by atoms with Crippen molar-refractivity contribution >= 4 is 21.6 Å². The van der Waals surface area contributed by atoms with E-state index in [0.29, 0.717) is 23.8 Å². The SMILES string of the molecule is CCOc1ccc(S(=O)(=O)N(C)c2ccc(OCC(=O)N3CCCCC3C)cc2)cc1. The van der Waals surface area contributed by atoms with Gasteiger partial charge < -0.3 is 14.4 Å². The van der Waals surface area contributed by atoms with Crippen LogP contribution in [0.5, 0.6) is 11.5 Å². The van der Waals surface area contributed by atoms with Gasteiger partial charge in [0, 0.05) is 19.6 Å². The van der Waals surface area contributed by atoms with Crippen LogP contribution in [0.25, 0.3) is 0 Å². The second-order valence-corrected chi connectivity index (χ2v) is 9.56. The van der Waals surface area contributed by atoms with Gasteiger partial charge in [0.25, 0.3) is 15.9 Å². The maximum atomic E-state index is 12.9. The highest BCUT2D eigenvalue weighted by molar-refractivity contribution is 7.92. The monoisotopic (exact) mass is 446 g/mol. The highest BCUT2D eigenvalue weighted by Gasteiger charge is 2.24. The van der Waals surface area contributed by atoms with E-state index in [1.54, 1.807) is 36.4 Å². The minimum Gasteiger partial charge on any atom is -0.494 e. The van der Waals surface area contributed by atoms with E-state index < -0.39 is 10.0 Å². The van der Waals surface area contributed by atoms with Crippen molar-refractivity contribution in [2.45, 2.75) is 44.0 Å². The lowest BCUT2D eigenvalue weighted by atomic mass is 10.0. The quantitative estimate of drug-likeness (QED) is 0.618. The van der Waals surface area contributed by atoms with Crippen LogP contribution in [0.1, 0.15) is 33.1 Å². The van der Waals surface area contributed by atoms with Gasteiger partial charge >= 0.3 is 0 Å². The Morgan fingerprint density at radius 1 is 1.03 bits per heavy atom. The molecule has 1 amide bonds. The fraction of sp³-hybridized carbons (Fsp3) is 0.435. The predicted octanol–water partition coefficient (Wildman–Crippen LogP) is 3.69. The number of hydrogen-bond donors (Lipinski definition) is 0. The molecule has 1 aliphatic heterocycles. The number of carbonyl (C=O) groups excluding carboxylic acids is 1. The molecule has 7 nitrogen and oxygen atoms in total. The number of anilines is 1. The molecular formula is C23H30N2O5S. The standard InChI is InChI=1S/C23H30N2O5S/c1-4-29-20-12-14-22(15-13-20)31(27,28)24(3)19-8-10-21(11-9-19)30-17-23(26)25-16-6-5-7-18(25)2/h8-15,18H,4-7,16-17H2,1-3H3. The Labute approximate surface area is 184 Å². The Bertz CT molecular complexity index is 974. The van der Waals surface area contributed by atoms with Gasteiger partial charge in [-0.3, -0.25) is 9.10 Å². The van der Waals surface area contributed by atoms with Crippen LogP contribution in [0.15, 0.2) is 53.4 Å². The summed E-state index contributed by atoms with van der Waals surface area (Å²) in [6.45, 7) is 5.20. The van der Waals surface area contributed by atoms with Crippen LogP contribution < -0.4 is 13.8 Å². The topological polar surface area (TPSA) is 76.1 Å². The molecular weight excluding hydrogens is 416 g/mol. The van der Waals surface area contributed by atoms with E-state index in [9.17, 15) is 13.2 Å². The van der Waals surface area contributed by atoms with Crippen molar-refractivity contribution in [3.8, 4) is 11.5 Å². The Hall–Kier alpha value is -2.74. The summed E-state index contributed by atoms with van der Waals surface area (Å²) in [5.74, 6) is 1.12. The third kappa shape index (κ3) is 5.50. The number of nitrogens with zero attached hydrogens (tertiary/aromatic N) is 2. The Morgan fingerprint density at radius 2 is 1.65 bits per heavy atom. The number of likely N-dealkylation sites (tertiary alicyclic amines) is 1. The number of ether oxygens (including phenoxy) is 2. The van der Waals surface area contributed by atoms with Gasteiger partial charge in [0.1, 0.15) is 11.5 Å². The zero-order valence-electron chi connectivity index (χ0n) is 18.3. The van der Waals surface area contributed by atoms with Crippen LogP contribution >= 0.6 is 0 Å². The highest BCUT2D eigenvalue weighted by Crippen LogP contribution is 2.26. The minimum absolute atomic E-state index is 0.0218. The summed E-state index contributed by atoms with van der Waals surface area (Å²) in [6.07, 6.45) is 3.20. The van der Waals surface area contributed by atoms with E-state index in [4.69, 9.17) is 9.47 Å². The van der Waals surface area contributed by atoms with E-state index in [0.717, 1.165) is 25.8 Å². The van der Waals surface area contributed by atoms with Crippen LogP contribution in [0.3, 0.4) is 0 Å². The van der Waals surface area contributed by atoms with Crippen molar-refractivity contribution in [1.29, 1.82) is 0 Å². The number of sulfonamides is 1. The zero-order valence-corrected chi connectivity index (χ0v) is 19.1. The number of hydrogen-bond acceptors (Lipinski definition) is 5. The largest absolute Gasteiger partial charge is 0.494 e. The van der Waals surface area contributed by atoms with Crippen molar-refractivity contribution in [2.75, 3.05) is 31.1 Å². The number of amides is 1. The Balaban J connectivity index is 1.62. The number of rotatable bonds is 8. The van der Waals surface area contributed by atoms with Gasteiger partial charge in [-0.05, 0) is 81.6 Å². The van der Waals surface area contributed by atoms with E-state index in [2.05, 4.69) is 6.92 Å². The average Bonchev–Trinajstić information content (AvgIpc) is 2.78. The molecule has 0 aromatic heterocycles. The second-order valence-electron chi connectivity index (χ2n) is 7.59. The Morgan fingerprint density at radius 3 is 2.26 bits per heavy atom. The first-order chi connectivity index (χ1) is 14.8. The molecule has 0 saturated carbocycles. The summed E-state index contributed by atoms with van der Waals surface area (Å²) in [6, 6.07) is 13.3. The first kappa shape index (κ1) is 22.9. The molecule has 0 bridgehead atoms. The van der Waals surface area contributed by atoms with Crippen molar-refractivity contribution in [3.63, 3.8) is 0 Å². The van der Waals surface area contributed by atoms with Crippen LogP contribution in [-0.2, 0) is 14.8 Å². The third-order valence-electron chi connectivity index (χ3n) is 5.48. The summed E-state index contributed by atoms with van der Waals surface area (Å²) < 4.78 is 38.0. The molecule has 2 aromatic rings. The average molecular weight is 447 g/mol. The molecule has 2 aromatic carbocycles. The van der Waals surface area contributed by atoms with E-state index in [1.165, 1.54) is 23.5 Å². The molecule has 0 aliphatic carbocycles. The van der Waals surface area contributed by atoms with Crippen LogP contribution in [-0.4, -0.2) is 52.1 Å². The maximum Gasteiger partial charge on any atom is 0.264 e. The molecule has 1 aliphatic rings. The van der Waals surface area contributed by atoms with Gasteiger partial charge in [0.15, 0.2) is 6.61 Å². The van der Waals surface area contributed by atoms with Crippen molar-refractivity contribution in [1.82, 2.24) is 4.90 Å². The fourth-order valence-electron chi connectivity index (χ4n) is 3.62. The molecule has 1 heterocycles. The number of benzene rings is 2. The lowest BCUT2D eigenvalue weighted by Gasteiger charge is -2.33. The van der Waals surface area contributed by atoms with E-state index >= 15 is 0 Å². The lowest BCUT2D eigenvalue weighted by molar-refractivity contribution is -0.136. The first-order valence-corrected chi connectivity index (χ1v) is 12.0. The van der Waals surface area contributed by atoms with Gasteiger partial charge in [-0.15, -0.1) is 0 Å². The second kappa shape index (κ2) is 10.0. The van der Waals surface area contributed by atoms with Crippen molar-refractivity contribution in [3.05, 3.63) is 48.5 Å². The van der Waals surface area contributed by atoms with Crippen LogP contribution in [0, 0.1) is 0 Å². The number of carbonyl (C=O) groups is 1. The van der Waals surface area contributed by atoms with Gasteiger partial charge in [0.05, 0.1) is 17.2 Å². The number of piperidine rings is 1. The molecule has 31 heavy (non-hydrogen) atoms. The Kier molecular flexibility index (Phi) is 7.43. The maximum absolute atomic E-state index is 12.9. The molecule has 0 N–H and O–H groups in total.